The summed E-state index contributed by atoms with van der Waals surface area (Å²) >= 11 is 0. The van der Waals surface area contributed by atoms with Crippen LogP contribution >= 0.6 is 0 Å². The van der Waals surface area contributed by atoms with Crippen LogP contribution < -0.4 is 0 Å². The highest BCUT2D eigenvalue weighted by Crippen LogP contribution is 2.33. The van der Waals surface area contributed by atoms with Gasteiger partial charge in [0.25, 0.3) is 0 Å². The summed E-state index contributed by atoms with van der Waals surface area (Å²) in [6.45, 7) is 2.24. The Morgan fingerprint density at radius 2 is 2.11 bits per heavy atom. The van der Waals surface area contributed by atoms with Gasteiger partial charge in [0.05, 0.1) is 5.69 Å². The second-order valence-electron chi connectivity index (χ2n) is 5.43. The molecule has 1 atom stereocenters. The molecule has 1 heterocycles. The van der Waals surface area contributed by atoms with Crippen LogP contribution in [-0.2, 0) is 12.8 Å². The molecule has 2 nitrogen and oxygen atoms in total. The fourth-order valence-corrected chi connectivity index (χ4v) is 3.07. The number of aromatic amines is 1. The Labute approximate surface area is 113 Å². The SMILES string of the molecule is CCCC1CCc2[nH]nc(-c3ccc(F)cc3)c2C1. The van der Waals surface area contributed by atoms with Crippen molar-refractivity contribution in [2.24, 2.45) is 5.92 Å². The molecule has 0 saturated carbocycles. The van der Waals surface area contributed by atoms with Crippen molar-refractivity contribution < 1.29 is 4.39 Å². The van der Waals surface area contributed by atoms with Gasteiger partial charge in [-0.25, -0.2) is 4.39 Å². The first-order valence-electron chi connectivity index (χ1n) is 7.10. The van der Waals surface area contributed by atoms with E-state index >= 15 is 0 Å². The highest BCUT2D eigenvalue weighted by molar-refractivity contribution is 5.64. The molecule has 3 rings (SSSR count). The van der Waals surface area contributed by atoms with Crippen LogP contribution in [0.25, 0.3) is 11.3 Å². The fraction of sp³-hybridized carbons (Fsp3) is 0.438. The van der Waals surface area contributed by atoms with E-state index in [1.54, 1.807) is 0 Å². The van der Waals surface area contributed by atoms with Crippen molar-refractivity contribution in [3.05, 3.63) is 41.3 Å². The first kappa shape index (κ1) is 12.4. The molecule has 0 amide bonds. The summed E-state index contributed by atoms with van der Waals surface area (Å²) in [7, 11) is 0. The third-order valence-electron chi connectivity index (χ3n) is 4.06. The quantitative estimate of drug-likeness (QED) is 0.881. The molecule has 1 aliphatic rings. The van der Waals surface area contributed by atoms with E-state index in [0.29, 0.717) is 0 Å². The van der Waals surface area contributed by atoms with E-state index in [2.05, 4.69) is 17.1 Å². The molecule has 3 heteroatoms. The number of rotatable bonds is 3. The van der Waals surface area contributed by atoms with Crippen LogP contribution in [0.4, 0.5) is 4.39 Å². The van der Waals surface area contributed by atoms with E-state index in [9.17, 15) is 4.39 Å². The van der Waals surface area contributed by atoms with Gasteiger partial charge >= 0.3 is 0 Å². The van der Waals surface area contributed by atoms with Gasteiger partial charge in [0.1, 0.15) is 5.82 Å². The predicted octanol–water partition coefficient (Wildman–Crippen LogP) is 4.12. The molecular weight excluding hydrogens is 239 g/mol. The molecule has 0 saturated heterocycles. The first-order chi connectivity index (χ1) is 9.28. The third kappa shape index (κ3) is 2.42. The van der Waals surface area contributed by atoms with Crippen LogP contribution in [0.2, 0.25) is 0 Å². The number of nitrogens with one attached hydrogen (secondary N) is 1. The Morgan fingerprint density at radius 3 is 2.84 bits per heavy atom. The minimum absolute atomic E-state index is 0.197. The lowest BCUT2D eigenvalue weighted by Gasteiger charge is -2.21. The molecule has 100 valence electrons. The van der Waals surface area contributed by atoms with Crippen molar-refractivity contribution in [3.63, 3.8) is 0 Å². The maximum Gasteiger partial charge on any atom is 0.123 e. The molecule has 1 unspecified atom stereocenters. The second kappa shape index (κ2) is 5.16. The number of fused-ring (bicyclic) bond motifs is 1. The Bertz CT molecular complexity index is 557. The summed E-state index contributed by atoms with van der Waals surface area (Å²) in [5, 5.41) is 7.60. The van der Waals surface area contributed by atoms with Crippen molar-refractivity contribution in [3.8, 4) is 11.3 Å². The summed E-state index contributed by atoms with van der Waals surface area (Å²) in [6.07, 6.45) is 5.98. The van der Waals surface area contributed by atoms with E-state index in [0.717, 1.165) is 30.0 Å². The summed E-state index contributed by atoms with van der Waals surface area (Å²) in [5.74, 6) is 0.575. The van der Waals surface area contributed by atoms with Crippen molar-refractivity contribution in [2.75, 3.05) is 0 Å². The monoisotopic (exact) mass is 258 g/mol. The topological polar surface area (TPSA) is 28.7 Å². The number of benzene rings is 1. The molecule has 0 fully saturated rings. The number of nitrogens with zero attached hydrogens (tertiary/aromatic N) is 1. The molecule has 1 aromatic carbocycles. The molecule has 1 aromatic heterocycles. The minimum Gasteiger partial charge on any atom is -0.282 e. The molecule has 0 aliphatic heterocycles. The lowest BCUT2D eigenvalue weighted by molar-refractivity contribution is 0.421. The van der Waals surface area contributed by atoms with Crippen molar-refractivity contribution >= 4 is 0 Å². The normalized spacial score (nSPS) is 18.3. The molecule has 0 radical (unpaired) electrons. The van der Waals surface area contributed by atoms with E-state index < -0.39 is 0 Å². The Hall–Kier alpha value is -1.64. The number of hydrogen-bond donors (Lipinski definition) is 1. The van der Waals surface area contributed by atoms with Gasteiger partial charge in [-0.15, -0.1) is 0 Å². The van der Waals surface area contributed by atoms with Gasteiger partial charge < -0.3 is 0 Å². The molecular formula is C16H19FN2. The summed E-state index contributed by atoms with van der Waals surface area (Å²) in [4.78, 5) is 0. The van der Waals surface area contributed by atoms with Crippen molar-refractivity contribution in [2.45, 2.75) is 39.0 Å². The van der Waals surface area contributed by atoms with Crippen LogP contribution in [0.1, 0.15) is 37.4 Å². The van der Waals surface area contributed by atoms with Gasteiger partial charge in [-0.05, 0) is 49.4 Å². The second-order valence-corrected chi connectivity index (χ2v) is 5.43. The van der Waals surface area contributed by atoms with Gasteiger partial charge in [-0.1, -0.05) is 19.8 Å². The zero-order chi connectivity index (χ0) is 13.2. The van der Waals surface area contributed by atoms with Crippen LogP contribution in [-0.4, -0.2) is 10.2 Å². The fourth-order valence-electron chi connectivity index (χ4n) is 3.07. The average Bonchev–Trinajstić information content (AvgIpc) is 2.83. The van der Waals surface area contributed by atoms with E-state index in [1.807, 2.05) is 12.1 Å². The van der Waals surface area contributed by atoms with E-state index in [-0.39, 0.29) is 5.82 Å². The zero-order valence-corrected chi connectivity index (χ0v) is 11.2. The Kier molecular flexibility index (Phi) is 3.36. The molecule has 2 aromatic rings. The predicted molar refractivity (Wildman–Crippen MR) is 74.4 cm³/mol. The molecule has 1 N–H and O–H groups in total. The summed E-state index contributed by atoms with van der Waals surface area (Å²) < 4.78 is 13.0. The molecule has 0 bridgehead atoms. The maximum absolute atomic E-state index is 13.0. The lowest BCUT2D eigenvalue weighted by Crippen LogP contribution is -2.13. The summed E-state index contributed by atoms with van der Waals surface area (Å²) in [5.41, 5.74) is 4.63. The maximum atomic E-state index is 13.0. The first-order valence-corrected chi connectivity index (χ1v) is 7.10. The average molecular weight is 258 g/mol. The largest absolute Gasteiger partial charge is 0.282 e. The van der Waals surface area contributed by atoms with E-state index in [1.165, 1.54) is 42.7 Å². The van der Waals surface area contributed by atoms with Crippen LogP contribution in [0.15, 0.2) is 24.3 Å². The van der Waals surface area contributed by atoms with Crippen molar-refractivity contribution in [1.82, 2.24) is 10.2 Å². The number of aromatic nitrogens is 2. The zero-order valence-electron chi connectivity index (χ0n) is 11.2. The smallest absolute Gasteiger partial charge is 0.123 e. The third-order valence-corrected chi connectivity index (χ3v) is 4.06. The van der Waals surface area contributed by atoms with Crippen molar-refractivity contribution in [1.29, 1.82) is 0 Å². The van der Waals surface area contributed by atoms with Gasteiger partial charge in [-0.2, -0.15) is 5.10 Å². The van der Waals surface area contributed by atoms with Crippen LogP contribution in [0.3, 0.4) is 0 Å². The standard InChI is InChI=1S/C16H19FN2/c1-2-3-11-4-9-15-14(10-11)16(19-18-15)12-5-7-13(17)8-6-12/h5-8,11H,2-4,9-10H2,1H3,(H,18,19). The Morgan fingerprint density at radius 1 is 1.32 bits per heavy atom. The highest BCUT2D eigenvalue weighted by Gasteiger charge is 2.23. The molecule has 19 heavy (non-hydrogen) atoms. The minimum atomic E-state index is -0.197. The summed E-state index contributed by atoms with van der Waals surface area (Å²) in [6, 6.07) is 6.63. The van der Waals surface area contributed by atoms with Gasteiger partial charge in [-0.3, -0.25) is 5.10 Å². The van der Waals surface area contributed by atoms with Gasteiger partial charge in [0.15, 0.2) is 0 Å². The van der Waals surface area contributed by atoms with Crippen LogP contribution in [0.5, 0.6) is 0 Å². The molecule has 0 spiro atoms. The van der Waals surface area contributed by atoms with E-state index in [4.69, 9.17) is 0 Å². The Balaban J connectivity index is 1.92. The molecule has 1 aliphatic carbocycles. The lowest BCUT2D eigenvalue weighted by atomic mass is 9.83. The number of aryl methyl sites for hydroxylation is 1. The van der Waals surface area contributed by atoms with Crippen LogP contribution in [0, 0.1) is 11.7 Å². The number of H-pyrrole nitrogens is 1. The van der Waals surface area contributed by atoms with Gasteiger partial charge in [0.2, 0.25) is 0 Å². The highest BCUT2D eigenvalue weighted by atomic mass is 19.1. The van der Waals surface area contributed by atoms with Gasteiger partial charge in [0, 0.05) is 16.8 Å². The number of hydrogen-bond acceptors (Lipinski definition) is 1. The number of halogens is 1.